The molecule has 3 nitrogen and oxygen atoms in total. The van der Waals surface area contributed by atoms with E-state index in [0.717, 1.165) is 17.0 Å². The molecule has 0 fully saturated rings. The van der Waals surface area contributed by atoms with Gasteiger partial charge in [0.2, 0.25) is 0 Å². The Hall–Kier alpha value is -2.54. The maximum absolute atomic E-state index is 5.56. The van der Waals surface area contributed by atoms with E-state index in [0.29, 0.717) is 4.78 Å². The predicted molar refractivity (Wildman–Crippen MR) is 192 cm³/mol. The van der Waals surface area contributed by atoms with Crippen molar-refractivity contribution in [3.63, 3.8) is 0 Å². The highest BCUT2D eigenvalue weighted by atomic mass is 27.2. The summed E-state index contributed by atoms with van der Waals surface area (Å²) in [7, 11) is 0. The fraction of sp³-hybridized carbons (Fsp3) is 0.513. The van der Waals surface area contributed by atoms with Crippen molar-refractivity contribution in [3.8, 4) is 0 Å². The van der Waals surface area contributed by atoms with Crippen LogP contribution in [-0.4, -0.2) is 20.3 Å². The normalized spacial score (nSPS) is 19.5. The molecule has 2 heterocycles. The molecule has 2 aromatic rings. The van der Waals surface area contributed by atoms with E-state index in [9.17, 15) is 0 Å². The maximum Gasteiger partial charge on any atom is 0.591 e. The molecule has 0 unspecified atom stereocenters. The third kappa shape index (κ3) is 6.62. The van der Waals surface area contributed by atoms with E-state index in [1.807, 2.05) is 0 Å². The van der Waals surface area contributed by atoms with Crippen molar-refractivity contribution in [2.45, 2.75) is 109 Å². The molecule has 0 aromatic heterocycles. The summed E-state index contributed by atoms with van der Waals surface area (Å²) in [5, 5.41) is 0. The predicted octanol–water partition coefficient (Wildman–Crippen LogP) is 11.4. The van der Waals surface area contributed by atoms with E-state index >= 15 is 0 Å². The van der Waals surface area contributed by atoms with Gasteiger partial charge >= 0.3 is 14.6 Å². The fourth-order valence-corrected chi connectivity index (χ4v) is 10.3. The summed E-state index contributed by atoms with van der Waals surface area (Å²) in [4.78, 5) is 5.56. The van der Waals surface area contributed by atoms with Gasteiger partial charge in [-0.05, 0) is 71.1 Å². The monoisotopic (exact) mass is 593 g/mol. The van der Waals surface area contributed by atoms with Crippen LogP contribution >= 0.6 is 0 Å². The van der Waals surface area contributed by atoms with Crippen molar-refractivity contribution in [2.24, 2.45) is 26.7 Å². The van der Waals surface area contributed by atoms with Crippen molar-refractivity contribution < 1.29 is 0 Å². The number of nitrogens with zero attached hydrogens (tertiary/aromatic N) is 3. The van der Waals surface area contributed by atoms with Gasteiger partial charge in [-0.3, -0.25) is 4.99 Å². The molecule has 0 spiro atoms. The number of rotatable bonds is 2. The zero-order valence-electron chi connectivity index (χ0n) is 29.8. The van der Waals surface area contributed by atoms with Crippen molar-refractivity contribution in [2.75, 3.05) is 7.77 Å². The number of anilines is 2. The van der Waals surface area contributed by atoms with Gasteiger partial charge in [0, 0.05) is 44.7 Å². The lowest BCUT2D eigenvalue weighted by Gasteiger charge is -2.45. The molecule has 0 amide bonds. The second kappa shape index (κ2) is 11.1. The Morgan fingerprint density at radius 3 is 1.86 bits per heavy atom. The minimum Gasteiger partial charge on any atom is -0.418 e. The standard InChI is InChI=1S/C39H56N3.Al/c1-17-29-22-26(2)18-20-30(29)40-34(38(11,12)13)25-35(39(14,15)16)42-32-23-27(3)19-21-31(32)41-33(37(8,9)10)24-28(4)36(5,6)7;/h17-25H,4H2,1-3,5-16H3;/q-2;+2/b33-24-,34-25-,42-35?;. The summed E-state index contributed by atoms with van der Waals surface area (Å²) in [5.74, 6) is 0. The molecule has 4 rings (SSSR count). The summed E-state index contributed by atoms with van der Waals surface area (Å²) >= 11 is -2.06. The Morgan fingerprint density at radius 1 is 0.791 bits per heavy atom. The third-order valence-corrected chi connectivity index (χ3v) is 12.3. The second-order valence-corrected chi connectivity index (χ2v) is 19.9. The van der Waals surface area contributed by atoms with E-state index in [-0.39, 0.29) is 21.7 Å². The zero-order valence-corrected chi connectivity index (χ0v) is 31.0. The van der Waals surface area contributed by atoms with Crippen LogP contribution in [0.3, 0.4) is 0 Å². The van der Waals surface area contributed by atoms with Crippen LogP contribution in [0.15, 0.2) is 77.1 Å². The van der Waals surface area contributed by atoms with Gasteiger partial charge in [0.05, 0.1) is 5.69 Å². The summed E-state index contributed by atoms with van der Waals surface area (Å²) in [6, 6.07) is 14.0. The molecular weight excluding hydrogens is 537 g/mol. The SMILES string of the molecule is C=C(/C=C(\[N]1c2ccc(C)cc2N=C(C(C)(C)C)/C=C(/C(C)(C)C)[N]2c3ccc(C)cc3[C@H](C)[Al]12)C(C)(C)C)C(C)(C)C. The van der Waals surface area contributed by atoms with Crippen LogP contribution in [0.5, 0.6) is 0 Å². The average molecular weight is 594 g/mol. The number of allylic oxidation sites excluding steroid dienone is 5. The lowest BCUT2D eigenvalue weighted by molar-refractivity contribution is 0.483. The molecule has 230 valence electrons. The van der Waals surface area contributed by atoms with Crippen LogP contribution in [0.1, 0.15) is 111 Å². The van der Waals surface area contributed by atoms with E-state index in [1.165, 1.54) is 39.5 Å². The summed E-state index contributed by atoms with van der Waals surface area (Å²) in [6.45, 7) is 39.3. The number of aliphatic imine (C=N–C) groups is 1. The van der Waals surface area contributed by atoms with Gasteiger partial charge in [-0.25, -0.2) is 0 Å². The van der Waals surface area contributed by atoms with Gasteiger partial charge < -0.3 is 7.77 Å². The fourth-order valence-electron chi connectivity index (χ4n) is 6.09. The van der Waals surface area contributed by atoms with Gasteiger partial charge in [0.15, 0.2) is 0 Å². The zero-order chi connectivity index (χ0) is 32.4. The molecule has 0 aliphatic carbocycles. The average Bonchev–Trinajstić information content (AvgIpc) is 3.13. The topological polar surface area (TPSA) is 18.8 Å². The number of benzene rings is 2. The largest absolute Gasteiger partial charge is 0.591 e. The van der Waals surface area contributed by atoms with Crippen molar-refractivity contribution in [3.05, 3.63) is 88.8 Å². The number of fused-ring (bicyclic) bond motifs is 4. The second-order valence-electron chi connectivity index (χ2n) is 17.1. The van der Waals surface area contributed by atoms with E-state index < -0.39 is 14.6 Å². The Kier molecular flexibility index (Phi) is 8.62. The minimum atomic E-state index is -2.06. The van der Waals surface area contributed by atoms with Gasteiger partial charge in [-0.15, -0.1) is 0 Å². The highest BCUT2D eigenvalue weighted by Crippen LogP contribution is 2.52. The lowest BCUT2D eigenvalue weighted by Crippen LogP contribution is -2.55. The van der Waals surface area contributed by atoms with E-state index in [4.69, 9.17) is 4.99 Å². The first-order valence-electron chi connectivity index (χ1n) is 16.0. The first-order valence-corrected chi connectivity index (χ1v) is 17.7. The van der Waals surface area contributed by atoms with Crippen LogP contribution in [0.2, 0.25) is 0 Å². The third-order valence-electron chi connectivity index (χ3n) is 8.91. The lowest BCUT2D eigenvalue weighted by atomic mass is 9.83. The minimum absolute atomic E-state index is 0.0388. The van der Waals surface area contributed by atoms with E-state index in [1.54, 1.807) is 0 Å². The molecule has 2 aliphatic rings. The summed E-state index contributed by atoms with van der Waals surface area (Å²) in [6.07, 6.45) is 4.84. The molecule has 2 aliphatic heterocycles. The van der Waals surface area contributed by atoms with E-state index in [2.05, 4.69) is 167 Å². The van der Waals surface area contributed by atoms with Crippen molar-refractivity contribution >= 4 is 37.4 Å². The van der Waals surface area contributed by atoms with Crippen LogP contribution in [0.4, 0.5) is 17.1 Å². The van der Waals surface area contributed by atoms with Gasteiger partial charge in [-0.2, -0.15) is 0 Å². The quantitative estimate of drug-likeness (QED) is 0.255. The molecule has 0 bridgehead atoms. The number of aryl methyl sites for hydroxylation is 2. The Morgan fingerprint density at radius 2 is 1.35 bits per heavy atom. The highest BCUT2D eigenvalue weighted by Gasteiger charge is 2.54. The van der Waals surface area contributed by atoms with Gasteiger partial charge in [-0.1, -0.05) is 120 Å². The molecule has 0 saturated carbocycles. The molecule has 1 atom stereocenters. The van der Waals surface area contributed by atoms with Crippen molar-refractivity contribution in [1.29, 1.82) is 0 Å². The molecular formula is C39H56AlN3. The van der Waals surface area contributed by atoms with Crippen molar-refractivity contribution in [1.82, 2.24) is 0 Å². The summed E-state index contributed by atoms with van der Waals surface area (Å²) in [5.41, 5.74) is 12.2. The van der Waals surface area contributed by atoms with Crippen LogP contribution in [0, 0.1) is 35.5 Å². The maximum atomic E-state index is 5.56. The molecule has 0 N–H and O–H groups in total. The van der Waals surface area contributed by atoms with Crippen LogP contribution in [0.25, 0.3) is 0 Å². The Balaban J connectivity index is 2.25. The molecule has 4 heteroatoms. The number of hydrogen-bond donors (Lipinski definition) is 0. The number of hydrogen-bond acceptors (Lipinski definition) is 3. The first kappa shape index (κ1) is 33.4. The molecule has 2 aromatic carbocycles. The highest BCUT2D eigenvalue weighted by molar-refractivity contribution is 6.72. The summed E-state index contributed by atoms with van der Waals surface area (Å²) < 4.78 is 5.93. The first-order chi connectivity index (χ1) is 19.5. The Bertz CT molecular complexity index is 1510. The van der Waals surface area contributed by atoms with Gasteiger partial charge in [0.1, 0.15) is 0 Å². The van der Waals surface area contributed by atoms with Crippen LogP contribution < -0.4 is 7.77 Å². The van der Waals surface area contributed by atoms with Gasteiger partial charge in [0.25, 0.3) is 0 Å². The smallest absolute Gasteiger partial charge is 0.418 e. The van der Waals surface area contributed by atoms with Crippen LogP contribution in [-0.2, 0) is 0 Å². The molecule has 0 radical (unpaired) electrons. The molecule has 0 saturated heterocycles. The molecule has 43 heavy (non-hydrogen) atoms. The Labute approximate surface area is 268 Å².